The molecule has 0 aliphatic heterocycles. The molecule has 1 aromatic rings. The zero-order valence-electron chi connectivity index (χ0n) is 10.1. The van der Waals surface area contributed by atoms with E-state index in [1.165, 1.54) is 0 Å². The molecule has 2 nitrogen and oxygen atoms in total. The van der Waals surface area contributed by atoms with Crippen molar-refractivity contribution in [2.45, 2.75) is 38.1 Å². The highest BCUT2D eigenvalue weighted by Gasteiger charge is 2.12. The largest absolute Gasteiger partial charge is 0.350 e. The van der Waals surface area contributed by atoms with Crippen LogP contribution in [0.15, 0.2) is 29.2 Å². The van der Waals surface area contributed by atoms with Gasteiger partial charge in [0.05, 0.1) is 5.56 Å². The standard InChI is InChI=1S/C13H19NOS/c1-4-10(3)14-13(15)11-8-6-7-9-12(11)16-5-2/h6-10H,4-5H2,1-3H3,(H,14,15)/t10-/m1/s1. The van der Waals surface area contributed by atoms with Crippen molar-refractivity contribution in [2.24, 2.45) is 0 Å². The van der Waals surface area contributed by atoms with Crippen molar-refractivity contribution >= 4 is 17.7 Å². The minimum Gasteiger partial charge on any atom is -0.350 e. The Labute approximate surface area is 102 Å². The first-order chi connectivity index (χ1) is 7.69. The highest BCUT2D eigenvalue weighted by molar-refractivity contribution is 7.99. The number of benzene rings is 1. The molecule has 0 aromatic heterocycles. The van der Waals surface area contributed by atoms with Gasteiger partial charge in [-0.05, 0) is 31.2 Å². The summed E-state index contributed by atoms with van der Waals surface area (Å²) in [6.45, 7) is 6.18. The van der Waals surface area contributed by atoms with Crippen molar-refractivity contribution in [1.29, 1.82) is 0 Å². The van der Waals surface area contributed by atoms with Crippen molar-refractivity contribution in [3.05, 3.63) is 29.8 Å². The number of nitrogens with one attached hydrogen (secondary N) is 1. The molecule has 0 bridgehead atoms. The molecule has 1 aromatic carbocycles. The van der Waals surface area contributed by atoms with Gasteiger partial charge in [0.15, 0.2) is 0 Å². The fourth-order valence-corrected chi connectivity index (χ4v) is 2.14. The van der Waals surface area contributed by atoms with Crippen molar-refractivity contribution in [1.82, 2.24) is 5.32 Å². The lowest BCUT2D eigenvalue weighted by molar-refractivity contribution is 0.0936. The summed E-state index contributed by atoms with van der Waals surface area (Å²) in [6, 6.07) is 7.99. The van der Waals surface area contributed by atoms with Crippen LogP contribution in [0.4, 0.5) is 0 Å². The molecule has 1 N–H and O–H groups in total. The molecule has 0 fully saturated rings. The smallest absolute Gasteiger partial charge is 0.252 e. The van der Waals surface area contributed by atoms with E-state index in [1.807, 2.05) is 31.2 Å². The van der Waals surface area contributed by atoms with Crippen molar-refractivity contribution in [3.8, 4) is 0 Å². The maximum Gasteiger partial charge on any atom is 0.252 e. The summed E-state index contributed by atoms with van der Waals surface area (Å²) >= 11 is 1.70. The van der Waals surface area contributed by atoms with E-state index in [0.29, 0.717) is 0 Å². The number of hydrogen-bond acceptors (Lipinski definition) is 2. The summed E-state index contributed by atoms with van der Waals surface area (Å²) in [7, 11) is 0. The summed E-state index contributed by atoms with van der Waals surface area (Å²) < 4.78 is 0. The molecule has 16 heavy (non-hydrogen) atoms. The van der Waals surface area contributed by atoms with Gasteiger partial charge in [0.1, 0.15) is 0 Å². The zero-order chi connectivity index (χ0) is 12.0. The lowest BCUT2D eigenvalue weighted by atomic mass is 10.2. The Morgan fingerprint density at radius 1 is 1.38 bits per heavy atom. The molecule has 0 heterocycles. The van der Waals surface area contributed by atoms with E-state index in [4.69, 9.17) is 0 Å². The van der Waals surface area contributed by atoms with E-state index >= 15 is 0 Å². The lowest BCUT2D eigenvalue weighted by Gasteiger charge is -2.13. The Balaban J connectivity index is 2.81. The summed E-state index contributed by atoms with van der Waals surface area (Å²) in [5.74, 6) is 1.01. The van der Waals surface area contributed by atoms with Crippen LogP contribution in [0, 0.1) is 0 Å². The molecule has 0 radical (unpaired) electrons. The molecule has 0 aliphatic rings. The average molecular weight is 237 g/mol. The summed E-state index contributed by atoms with van der Waals surface area (Å²) in [5, 5.41) is 2.99. The van der Waals surface area contributed by atoms with E-state index in [-0.39, 0.29) is 11.9 Å². The Bertz CT molecular complexity index is 352. The SMILES string of the molecule is CCSc1ccccc1C(=O)N[C@H](C)CC. The van der Waals surface area contributed by atoms with Crippen LogP contribution >= 0.6 is 11.8 Å². The summed E-state index contributed by atoms with van der Waals surface area (Å²) in [4.78, 5) is 13.0. The van der Waals surface area contributed by atoms with E-state index in [0.717, 1.165) is 22.6 Å². The lowest BCUT2D eigenvalue weighted by Crippen LogP contribution is -2.32. The zero-order valence-corrected chi connectivity index (χ0v) is 10.9. The molecule has 0 aliphatic carbocycles. The van der Waals surface area contributed by atoms with Gasteiger partial charge in [-0.2, -0.15) is 0 Å². The average Bonchev–Trinajstić information content (AvgIpc) is 2.30. The van der Waals surface area contributed by atoms with E-state index in [9.17, 15) is 4.79 Å². The van der Waals surface area contributed by atoms with Crippen molar-refractivity contribution in [2.75, 3.05) is 5.75 Å². The Hall–Kier alpha value is -0.960. The van der Waals surface area contributed by atoms with Crippen LogP contribution in [0.2, 0.25) is 0 Å². The number of carbonyl (C=O) groups is 1. The number of thioether (sulfide) groups is 1. The van der Waals surface area contributed by atoms with Gasteiger partial charge in [-0.25, -0.2) is 0 Å². The molecule has 0 saturated heterocycles. The van der Waals surface area contributed by atoms with Crippen LogP contribution < -0.4 is 5.32 Å². The van der Waals surface area contributed by atoms with Gasteiger partial charge in [0.2, 0.25) is 0 Å². The van der Waals surface area contributed by atoms with Crippen LogP contribution in [0.3, 0.4) is 0 Å². The van der Waals surface area contributed by atoms with Crippen LogP contribution in [-0.4, -0.2) is 17.7 Å². The van der Waals surface area contributed by atoms with E-state index in [1.54, 1.807) is 11.8 Å². The molecule has 1 amide bonds. The monoisotopic (exact) mass is 237 g/mol. The molecule has 88 valence electrons. The van der Waals surface area contributed by atoms with Gasteiger partial charge < -0.3 is 5.32 Å². The number of hydrogen-bond donors (Lipinski definition) is 1. The van der Waals surface area contributed by atoms with Gasteiger partial charge in [0, 0.05) is 10.9 Å². The molecule has 0 saturated carbocycles. The molecule has 1 rings (SSSR count). The maximum atomic E-state index is 12.0. The Kier molecular flexibility index (Phi) is 5.39. The second kappa shape index (κ2) is 6.59. The van der Waals surface area contributed by atoms with Gasteiger partial charge in [-0.15, -0.1) is 11.8 Å². The van der Waals surface area contributed by atoms with Crippen LogP contribution in [0.25, 0.3) is 0 Å². The van der Waals surface area contributed by atoms with Crippen LogP contribution in [0.5, 0.6) is 0 Å². The molecule has 3 heteroatoms. The highest BCUT2D eigenvalue weighted by Crippen LogP contribution is 2.22. The number of amides is 1. The fraction of sp³-hybridized carbons (Fsp3) is 0.462. The third-order valence-corrected chi connectivity index (χ3v) is 3.38. The molecule has 0 unspecified atom stereocenters. The second-order valence-electron chi connectivity index (χ2n) is 3.71. The third-order valence-electron chi connectivity index (χ3n) is 2.42. The molecular formula is C13H19NOS. The topological polar surface area (TPSA) is 29.1 Å². The van der Waals surface area contributed by atoms with Crippen molar-refractivity contribution < 1.29 is 4.79 Å². The van der Waals surface area contributed by atoms with Crippen LogP contribution in [-0.2, 0) is 0 Å². The second-order valence-corrected chi connectivity index (χ2v) is 5.02. The third kappa shape index (κ3) is 3.56. The van der Waals surface area contributed by atoms with Gasteiger partial charge in [-0.1, -0.05) is 26.0 Å². The minimum atomic E-state index is 0.0332. The normalized spacial score (nSPS) is 12.2. The maximum absolute atomic E-state index is 12.0. The highest BCUT2D eigenvalue weighted by atomic mass is 32.2. The summed E-state index contributed by atoms with van der Waals surface area (Å²) in [6.07, 6.45) is 0.953. The predicted octanol–water partition coefficient (Wildman–Crippen LogP) is 3.33. The Morgan fingerprint density at radius 2 is 2.06 bits per heavy atom. The van der Waals surface area contributed by atoms with Gasteiger partial charge in [0.25, 0.3) is 5.91 Å². The number of carbonyl (C=O) groups excluding carboxylic acids is 1. The summed E-state index contributed by atoms with van der Waals surface area (Å²) in [5.41, 5.74) is 0.787. The first kappa shape index (κ1) is 13.1. The predicted molar refractivity (Wildman–Crippen MR) is 70.1 cm³/mol. The van der Waals surface area contributed by atoms with Crippen molar-refractivity contribution in [3.63, 3.8) is 0 Å². The van der Waals surface area contributed by atoms with E-state index in [2.05, 4.69) is 19.2 Å². The Morgan fingerprint density at radius 3 is 2.69 bits per heavy atom. The quantitative estimate of drug-likeness (QED) is 0.796. The molecular weight excluding hydrogens is 218 g/mol. The van der Waals surface area contributed by atoms with Gasteiger partial charge in [-0.3, -0.25) is 4.79 Å². The molecule has 1 atom stereocenters. The van der Waals surface area contributed by atoms with E-state index < -0.39 is 0 Å². The fourth-order valence-electron chi connectivity index (χ4n) is 1.34. The first-order valence-electron chi connectivity index (χ1n) is 5.71. The van der Waals surface area contributed by atoms with Crippen LogP contribution in [0.1, 0.15) is 37.6 Å². The number of rotatable bonds is 5. The minimum absolute atomic E-state index is 0.0332. The molecule has 0 spiro atoms. The first-order valence-corrected chi connectivity index (χ1v) is 6.70. The van der Waals surface area contributed by atoms with Gasteiger partial charge >= 0.3 is 0 Å².